The second kappa shape index (κ2) is 17.0. The van der Waals surface area contributed by atoms with Gasteiger partial charge in [-0.1, -0.05) is 6.07 Å². The highest BCUT2D eigenvalue weighted by Gasteiger charge is 2.40. The number of nitro benzene ring substituents is 1. The summed E-state index contributed by atoms with van der Waals surface area (Å²) in [5.41, 5.74) is 1.97. The first-order valence-electron chi connectivity index (χ1n) is 15.1. The molecule has 0 aromatic heterocycles. The van der Waals surface area contributed by atoms with Crippen molar-refractivity contribution in [2.45, 2.75) is 59.5 Å². The first-order valence-corrected chi connectivity index (χ1v) is 15.1. The monoisotopic (exact) mass is 636 g/mol. The number of carbonyl (C=O) groups excluding carboxylic acids is 2. The van der Waals surface area contributed by atoms with Gasteiger partial charge in [-0.05, 0) is 72.2 Å². The van der Waals surface area contributed by atoms with Crippen LogP contribution in [0.5, 0.6) is 17.2 Å². The number of carbonyl (C=O) groups is 2. The first kappa shape index (κ1) is 35.5. The van der Waals surface area contributed by atoms with Crippen LogP contribution in [0.2, 0.25) is 0 Å². The van der Waals surface area contributed by atoms with Gasteiger partial charge >= 0.3 is 11.9 Å². The maximum atomic E-state index is 13.1. The number of nitrogens with one attached hydrogen (secondary N) is 2. The predicted molar refractivity (Wildman–Crippen MR) is 168 cm³/mol. The molecule has 0 fully saturated rings. The van der Waals surface area contributed by atoms with Crippen LogP contribution < -0.4 is 20.1 Å². The fourth-order valence-electron chi connectivity index (χ4n) is 4.89. The number of unbranched alkanes of at least 4 members (excludes halogenated alkanes) is 1. The van der Waals surface area contributed by atoms with E-state index in [1.165, 1.54) is 18.2 Å². The molecule has 2 aromatic rings. The molecular formula is C33H40N4O9. The molecule has 0 saturated carbocycles. The van der Waals surface area contributed by atoms with E-state index >= 15 is 0 Å². The summed E-state index contributed by atoms with van der Waals surface area (Å²) >= 11 is 0. The molecule has 0 spiro atoms. The third-order valence-electron chi connectivity index (χ3n) is 6.98. The van der Waals surface area contributed by atoms with E-state index in [0.29, 0.717) is 54.4 Å². The molecule has 4 rings (SSSR count). The van der Waals surface area contributed by atoms with Crippen LogP contribution in [0.1, 0.15) is 64.5 Å². The largest absolute Gasteiger partial charge is 0.493 e. The first-order chi connectivity index (χ1) is 22.0. The molecule has 3 N–H and O–H groups in total. The number of hydrogen-bond donors (Lipinski definition) is 3. The zero-order valence-electron chi connectivity index (χ0n) is 26.7. The van der Waals surface area contributed by atoms with E-state index < -0.39 is 28.9 Å². The van der Waals surface area contributed by atoms with E-state index in [1.54, 1.807) is 40.7 Å². The van der Waals surface area contributed by atoms with Gasteiger partial charge in [0, 0.05) is 35.6 Å². The van der Waals surface area contributed by atoms with Crippen LogP contribution in [0.15, 0.2) is 58.9 Å². The smallest absolute Gasteiger partial charge is 0.336 e. The van der Waals surface area contributed by atoms with Crippen molar-refractivity contribution < 1.29 is 38.6 Å². The van der Waals surface area contributed by atoms with Crippen LogP contribution in [0.25, 0.3) is 0 Å². The lowest BCUT2D eigenvalue weighted by atomic mass is 9.79. The Bertz CT molecular complexity index is 1500. The Balaban J connectivity index is 0.000000539. The fourth-order valence-corrected chi connectivity index (χ4v) is 4.89. The van der Waals surface area contributed by atoms with E-state index in [9.17, 15) is 24.8 Å². The highest BCUT2D eigenvalue weighted by atomic mass is 16.6. The molecule has 0 bridgehead atoms. The Morgan fingerprint density at radius 1 is 1.11 bits per heavy atom. The number of non-ortho nitro benzene ring substituents is 1. The third kappa shape index (κ3) is 9.29. The molecular weight excluding hydrogens is 596 g/mol. The molecule has 13 nitrogen and oxygen atoms in total. The van der Waals surface area contributed by atoms with Gasteiger partial charge in [0.1, 0.15) is 11.8 Å². The summed E-state index contributed by atoms with van der Waals surface area (Å²) in [6.45, 7) is 10.1. The van der Waals surface area contributed by atoms with Gasteiger partial charge < -0.3 is 34.7 Å². The maximum absolute atomic E-state index is 13.1. The van der Waals surface area contributed by atoms with E-state index in [1.807, 2.05) is 18.2 Å². The van der Waals surface area contributed by atoms with Crippen molar-refractivity contribution in [3.63, 3.8) is 0 Å². The summed E-state index contributed by atoms with van der Waals surface area (Å²) in [4.78, 5) is 37.2. The van der Waals surface area contributed by atoms with E-state index in [2.05, 4.69) is 10.6 Å². The number of nitro groups is 1. The molecule has 0 aliphatic carbocycles. The number of aliphatic hydroxyl groups excluding tert-OH is 1. The number of allylic oxidation sites excluding steroid dienone is 2. The molecule has 46 heavy (non-hydrogen) atoms. The summed E-state index contributed by atoms with van der Waals surface area (Å²) in [5, 5.41) is 35.6. The average Bonchev–Trinajstić information content (AvgIpc) is 3.81. The normalized spacial score (nSPS) is 14.0. The van der Waals surface area contributed by atoms with Gasteiger partial charge in [-0.2, -0.15) is 5.26 Å². The second-order valence-corrected chi connectivity index (χ2v) is 10.5. The van der Waals surface area contributed by atoms with Gasteiger partial charge in [0.15, 0.2) is 11.5 Å². The fraction of sp³-hybridized carbons (Fsp3) is 0.424. The molecule has 0 amide bonds. The number of aliphatic hydroxyl groups is 1. The molecule has 246 valence electrons. The van der Waals surface area contributed by atoms with Gasteiger partial charge in [0.25, 0.3) is 5.69 Å². The van der Waals surface area contributed by atoms with Crippen molar-refractivity contribution in [1.29, 1.82) is 5.26 Å². The van der Waals surface area contributed by atoms with Crippen molar-refractivity contribution >= 4 is 17.6 Å². The molecule has 0 radical (unpaired) electrons. The van der Waals surface area contributed by atoms with Crippen molar-refractivity contribution in [2.75, 3.05) is 32.9 Å². The Morgan fingerprint density at radius 2 is 1.76 bits per heavy atom. The Kier molecular flexibility index (Phi) is 13.1. The van der Waals surface area contributed by atoms with E-state index in [4.69, 9.17) is 24.2 Å². The third-order valence-corrected chi connectivity index (χ3v) is 6.98. The van der Waals surface area contributed by atoms with Crippen LogP contribution in [0.4, 0.5) is 5.69 Å². The maximum Gasteiger partial charge on any atom is 0.336 e. The van der Waals surface area contributed by atoms with Crippen LogP contribution in [0.3, 0.4) is 0 Å². The summed E-state index contributed by atoms with van der Waals surface area (Å²) in [7, 11) is 0. The van der Waals surface area contributed by atoms with Crippen molar-refractivity contribution in [2.24, 2.45) is 0 Å². The quantitative estimate of drug-likeness (QED) is 0.0726. The number of ether oxygens (including phenoxy) is 4. The number of dihydropyridines is 1. The summed E-state index contributed by atoms with van der Waals surface area (Å²) in [6.07, 6.45) is 1.02. The Labute approximate surface area is 267 Å². The number of hydrogen-bond acceptors (Lipinski definition) is 12. The standard InChI is InChI=1S/C26H37N3O8.C7H3NO/c1-6-35-25(31)22-17(4)28-18(5)23(26(32)36-7-2)24(22)20-14-19(29(33)34)10-11-21(20)37-13-9-8-12-27-15-16(3)30;8-4-5-2-1-3-6-7(5)9-6/h10-11,14,16,24,27-28,30H,6-9,12-13,15H2,1-5H3;1-3H. The van der Waals surface area contributed by atoms with Gasteiger partial charge in [0.05, 0.1) is 53.5 Å². The van der Waals surface area contributed by atoms with Crippen LogP contribution in [-0.2, 0) is 19.1 Å². The van der Waals surface area contributed by atoms with Crippen molar-refractivity contribution in [3.8, 4) is 23.3 Å². The number of rotatable bonds is 14. The molecule has 1 atom stereocenters. The molecule has 0 saturated heterocycles. The summed E-state index contributed by atoms with van der Waals surface area (Å²) in [5.74, 6) is -0.378. The van der Waals surface area contributed by atoms with Gasteiger partial charge in [0.2, 0.25) is 0 Å². The summed E-state index contributed by atoms with van der Waals surface area (Å²) in [6, 6.07) is 11.6. The lowest BCUT2D eigenvalue weighted by Gasteiger charge is -2.31. The minimum absolute atomic E-state index is 0.112. The SMILES string of the molecule is CCOC(=O)C1=C(C)NC(C)=C(C(=O)OCC)C1c1cc([N+](=O)[O-])ccc1OCCCCNCC(C)O.N#Cc1cccc2c1O2. The number of esters is 2. The van der Waals surface area contributed by atoms with E-state index in [0.717, 1.165) is 17.9 Å². The molecule has 13 heteroatoms. The summed E-state index contributed by atoms with van der Waals surface area (Å²) < 4.78 is 21.5. The Hall–Kier alpha value is -4.93. The van der Waals surface area contributed by atoms with Crippen LogP contribution >= 0.6 is 0 Å². The molecule has 2 aromatic carbocycles. The zero-order valence-corrected chi connectivity index (χ0v) is 26.7. The number of nitrogens with zero attached hydrogens (tertiary/aromatic N) is 2. The molecule has 2 aliphatic rings. The zero-order chi connectivity index (χ0) is 33.8. The van der Waals surface area contributed by atoms with Gasteiger partial charge in [-0.25, -0.2) is 9.59 Å². The minimum Gasteiger partial charge on any atom is -0.493 e. The lowest BCUT2D eigenvalue weighted by Crippen LogP contribution is -2.32. The van der Waals surface area contributed by atoms with E-state index in [-0.39, 0.29) is 30.0 Å². The highest BCUT2D eigenvalue weighted by Crippen LogP contribution is 2.47. The Morgan fingerprint density at radius 3 is 2.30 bits per heavy atom. The minimum atomic E-state index is -0.998. The van der Waals surface area contributed by atoms with Crippen molar-refractivity contribution in [1.82, 2.24) is 10.6 Å². The number of fused-ring (bicyclic) bond motifs is 1. The van der Waals surface area contributed by atoms with Crippen LogP contribution in [0, 0.1) is 21.4 Å². The number of benzene rings is 2. The molecule has 2 aliphatic heterocycles. The van der Waals surface area contributed by atoms with Gasteiger partial charge in [-0.3, -0.25) is 10.1 Å². The number of nitriles is 1. The highest BCUT2D eigenvalue weighted by molar-refractivity contribution is 6.00. The number of para-hydroxylation sites is 1. The topological polar surface area (TPSA) is 186 Å². The predicted octanol–water partition coefficient (Wildman–Crippen LogP) is 4.75. The average molecular weight is 637 g/mol. The van der Waals surface area contributed by atoms with Gasteiger partial charge in [-0.15, -0.1) is 0 Å². The van der Waals surface area contributed by atoms with Crippen molar-refractivity contribution in [3.05, 3.63) is 80.2 Å². The second-order valence-electron chi connectivity index (χ2n) is 10.5. The molecule has 2 heterocycles. The van der Waals surface area contributed by atoms with Crippen LogP contribution in [-0.4, -0.2) is 61.0 Å². The lowest BCUT2D eigenvalue weighted by molar-refractivity contribution is -0.384. The molecule has 1 unspecified atom stereocenters.